The fourth-order valence-electron chi connectivity index (χ4n) is 2.62. The van der Waals surface area contributed by atoms with E-state index < -0.39 is 17.2 Å². The topological polar surface area (TPSA) is 108 Å². The Bertz CT molecular complexity index is 743. The number of aromatic hydroxyl groups is 1. The first-order valence-corrected chi connectivity index (χ1v) is 7.59. The van der Waals surface area contributed by atoms with Gasteiger partial charge in [0.2, 0.25) is 17.7 Å². The molecule has 0 spiro atoms. The van der Waals surface area contributed by atoms with Gasteiger partial charge < -0.3 is 21.1 Å². The molecule has 0 saturated carbocycles. The van der Waals surface area contributed by atoms with Crippen molar-refractivity contribution in [2.45, 2.75) is 25.7 Å². The second kappa shape index (κ2) is 6.52. The van der Waals surface area contributed by atoms with Gasteiger partial charge in [0.1, 0.15) is 5.75 Å². The third kappa shape index (κ3) is 3.51. The number of fused-ring (bicyclic) bond motifs is 1. The lowest BCUT2D eigenvalue weighted by Gasteiger charge is -2.34. The van der Waals surface area contributed by atoms with Crippen LogP contribution in [-0.4, -0.2) is 29.4 Å². The van der Waals surface area contributed by atoms with Crippen LogP contribution < -0.4 is 16.0 Å². The van der Waals surface area contributed by atoms with Crippen molar-refractivity contribution in [3.8, 4) is 5.75 Å². The molecule has 0 unspecified atom stereocenters. The second-order valence-corrected chi connectivity index (χ2v) is 6.49. The zero-order valence-electron chi connectivity index (χ0n) is 13.3. The van der Waals surface area contributed by atoms with E-state index in [0.717, 1.165) is 6.08 Å². The number of phenols is 1. The lowest BCUT2D eigenvalue weighted by atomic mass is 9.77. The monoisotopic (exact) mass is 351 g/mol. The maximum absolute atomic E-state index is 11.9. The van der Waals surface area contributed by atoms with E-state index in [2.05, 4.69) is 22.5 Å². The highest BCUT2D eigenvalue weighted by Gasteiger charge is 2.37. The first kappa shape index (κ1) is 17.8. The molecule has 24 heavy (non-hydrogen) atoms. The lowest BCUT2D eigenvalue weighted by molar-refractivity contribution is -0.121. The van der Waals surface area contributed by atoms with E-state index in [-0.39, 0.29) is 35.3 Å². The van der Waals surface area contributed by atoms with Gasteiger partial charge in [0.15, 0.2) is 0 Å². The highest BCUT2D eigenvalue weighted by atomic mass is 35.5. The summed E-state index contributed by atoms with van der Waals surface area (Å²) < 4.78 is 0. The fraction of sp³-hybridized carbons (Fsp3) is 0.312. The summed E-state index contributed by atoms with van der Waals surface area (Å²) in [6.07, 6.45) is 1.22. The summed E-state index contributed by atoms with van der Waals surface area (Å²) in [6.45, 7) is 6.61. The van der Waals surface area contributed by atoms with Crippen LogP contribution >= 0.6 is 11.6 Å². The van der Waals surface area contributed by atoms with Gasteiger partial charge in [-0.25, -0.2) is 0 Å². The van der Waals surface area contributed by atoms with Gasteiger partial charge in [-0.05, 0) is 12.1 Å². The molecule has 0 saturated heterocycles. The largest absolute Gasteiger partial charge is 0.505 e. The van der Waals surface area contributed by atoms with Gasteiger partial charge in [0, 0.05) is 17.4 Å². The molecule has 0 aromatic heterocycles. The van der Waals surface area contributed by atoms with Gasteiger partial charge in [-0.15, -0.1) is 0 Å². The molecule has 8 heteroatoms. The number of phenolic OH excluding ortho intramolecular Hbond substituents is 1. The van der Waals surface area contributed by atoms with E-state index in [1.54, 1.807) is 13.8 Å². The maximum atomic E-state index is 11.9. The van der Waals surface area contributed by atoms with Gasteiger partial charge in [0.25, 0.3) is 0 Å². The highest BCUT2D eigenvalue weighted by molar-refractivity contribution is 6.34. The number of amides is 3. The zero-order valence-corrected chi connectivity index (χ0v) is 14.1. The zero-order chi connectivity index (χ0) is 18.1. The number of hydrogen-bond acceptors (Lipinski definition) is 4. The Labute approximate surface area is 144 Å². The molecule has 0 radical (unpaired) electrons. The normalized spacial score (nSPS) is 15.0. The SMILES string of the molecule is C=CC(=O)NCC(=O)Nc1cc(Cl)c2c(c1O)C(C)(C)CC(=O)N2. The minimum atomic E-state index is -0.650. The second-order valence-electron chi connectivity index (χ2n) is 6.08. The van der Waals surface area contributed by atoms with Crippen molar-refractivity contribution < 1.29 is 19.5 Å². The molecule has 0 atom stereocenters. The summed E-state index contributed by atoms with van der Waals surface area (Å²) in [5, 5.41) is 18.2. The van der Waals surface area contributed by atoms with Crippen LogP contribution in [0.3, 0.4) is 0 Å². The molecule has 0 aliphatic carbocycles. The number of rotatable bonds is 4. The average Bonchev–Trinajstić information content (AvgIpc) is 2.48. The summed E-state index contributed by atoms with van der Waals surface area (Å²) in [4.78, 5) is 34.7. The van der Waals surface area contributed by atoms with Crippen LogP contribution in [0.5, 0.6) is 5.75 Å². The van der Waals surface area contributed by atoms with Crippen molar-refractivity contribution in [1.29, 1.82) is 0 Å². The molecule has 7 nitrogen and oxygen atoms in total. The van der Waals surface area contributed by atoms with Crippen molar-refractivity contribution in [1.82, 2.24) is 5.32 Å². The third-order valence-corrected chi connectivity index (χ3v) is 3.98. The van der Waals surface area contributed by atoms with Gasteiger partial charge in [0.05, 0.1) is 22.9 Å². The molecule has 0 bridgehead atoms. The highest BCUT2D eigenvalue weighted by Crippen LogP contribution is 2.49. The molecule has 1 heterocycles. The van der Waals surface area contributed by atoms with Crippen LogP contribution in [0.15, 0.2) is 18.7 Å². The molecule has 1 aliphatic rings. The van der Waals surface area contributed by atoms with Gasteiger partial charge in [-0.2, -0.15) is 0 Å². The molecule has 128 valence electrons. The van der Waals surface area contributed by atoms with Crippen molar-refractivity contribution in [2.24, 2.45) is 0 Å². The molecule has 2 rings (SSSR count). The Balaban J connectivity index is 2.32. The number of hydrogen-bond donors (Lipinski definition) is 4. The van der Waals surface area contributed by atoms with Crippen LogP contribution in [0, 0.1) is 0 Å². The first-order chi connectivity index (χ1) is 11.2. The quantitative estimate of drug-likeness (QED) is 0.491. The summed E-state index contributed by atoms with van der Waals surface area (Å²) >= 11 is 6.19. The minimum absolute atomic E-state index is 0.112. The number of carbonyl (C=O) groups excluding carboxylic acids is 3. The van der Waals surface area contributed by atoms with E-state index in [4.69, 9.17) is 11.6 Å². The molecular formula is C16H18ClN3O4. The number of nitrogens with one attached hydrogen (secondary N) is 3. The van der Waals surface area contributed by atoms with Crippen LogP contribution in [0.4, 0.5) is 11.4 Å². The van der Waals surface area contributed by atoms with Gasteiger partial charge >= 0.3 is 0 Å². The van der Waals surface area contributed by atoms with Crippen LogP contribution in [0.25, 0.3) is 0 Å². The first-order valence-electron chi connectivity index (χ1n) is 7.21. The number of benzene rings is 1. The summed E-state index contributed by atoms with van der Waals surface area (Å²) in [5.41, 5.74) is 0.262. The fourth-order valence-corrected chi connectivity index (χ4v) is 2.87. The predicted octanol–water partition coefficient (Wildman–Crippen LogP) is 1.91. The maximum Gasteiger partial charge on any atom is 0.243 e. The summed E-state index contributed by atoms with van der Waals surface area (Å²) in [5.74, 6) is -1.38. The van der Waals surface area contributed by atoms with Crippen molar-refractivity contribution in [3.05, 3.63) is 29.3 Å². The molecule has 1 aromatic carbocycles. The Morgan fingerprint density at radius 1 is 1.50 bits per heavy atom. The lowest BCUT2D eigenvalue weighted by Crippen LogP contribution is -2.34. The molecule has 1 aliphatic heterocycles. The Morgan fingerprint density at radius 2 is 2.17 bits per heavy atom. The number of carbonyl (C=O) groups is 3. The van der Waals surface area contributed by atoms with E-state index >= 15 is 0 Å². The van der Waals surface area contributed by atoms with E-state index in [9.17, 15) is 19.5 Å². The molecule has 0 fully saturated rings. The third-order valence-electron chi connectivity index (χ3n) is 3.68. The molecule has 4 N–H and O–H groups in total. The summed E-state index contributed by atoms with van der Waals surface area (Å²) in [6, 6.07) is 1.35. The van der Waals surface area contributed by atoms with Crippen LogP contribution in [0.1, 0.15) is 25.8 Å². The predicted molar refractivity (Wildman–Crippen MR) is 91.2 cm³/mol. The molecule has 1 aromatic rings. The number of halogens is 1. The van der Waals surface area contributed by atoms with E-state index in [1.807, 2.05) is 0 Å². The standard InChI is InChI=1S/C16H18ClN3O4/c1-4-10(21)18-7-12(23)19-9-5-8(17)14-13(15(9)24)16(2,3)6-11(22)20-14/h4-5,24H,1,6-7H2,2-3H3,(H,18,21)(H,19,23)(H,20,22). The van der Waals surface area contributed by atoms with Crippen LogP contribution in [-0.2, 0) is 19.8 Å². The Morgan fingerprint density at radius 3 is 2.79 bits per heavy atom. The van der Waals surface area contributed by atoms with Crippen LogP contribution in [0.2, 0.25) is 5.02 Å². The van der Waals surface area contributed by atoms with E-state index in [1.165, 1.54) is 6.07 Å². The van der Waals surface area contributed by atoms with Gasteiger partial charge in [-0.1, -0.05) is 32.0 Å². The number of anilines is 2. The Hall–Kier alpha value is -2.54. The van der Waals surface area contributed by atoms with Crippen molar-refractivity contribution in [3.63, 3.8) is 0 Å². The molecular weight excluding hydrogens is 334 g/mol. The molecule has 3 amide bonds. The minimum Gasteiger partial charge on any atom is -0.505 e. The summed E-state index contributed by atoms with van der Waals surface area (Å²) in [7, 11) is 0. The van der Waals surface area contributed by atoms with Crippen molar-refractivity contribution in [2.75, 3.05) is 17.2 Å². The van der Waals surface area contributed by atoms with Crippen molar-refractivity contribution >= 4 is 40.7 Å². The van der Waals surface area contributed by atoms with E-state index in [0.29, 0.717) is 11.3 Å². The van der Waals surface area contributed by atoms with Gasteiger partial charge in [-0.3, -0.25) is 14.4 Å². The Kier molecular flexibility index (Phi) is 4.84. The average molecular weight is 352 g/mol. The smallest absolute Gasteiger partial charge is 0.243 e.